The molecule has 1 unspecified atom stereocenters. The largest absolute Gasteiger partial charge is 0.356 e. The molecule has 0 aromatic carbocycles. The highest BCUT2D eigenvalue weighted by Gasteiger charge is 2.55. The zero-order valence-corrected chi connectivity index (χ0v) is 17.2. The van der Waals surface area contributed by atoms with Gasteiger partial charge in [0.05, 0.1) is 10.4 Å². The Morgan fingerprint density at radius 3 is 2.81 bits per heavy atom. The van der Waals surface area contributed by atoms with Crippen molar-refractivity contribution in [3.63, 3.8) is 0 Å². The van der Waals surface area contributed by atoms with Gasteiger partial charge in [0.25, 0.3) is 5.56 Å². The molecule has 9 nitrogen and oxygen atoms in total. The molecule has 31 heavy (non-hydrogen) atoms. The zero-order valence-electron chi connectivity index (χ0n) is 16.4. The van der Waals surface area contributed by atoms with Crippen LogP contribution in [0.3, 0.4) is 0 Å². The van der Waals surface area contributed by atoms with E-state index in [9.17, 15) is 4.79 Å². The van der Waals surface area contributed by atoms with Crippen LogP contribution in [0, 0.1) is 17.8 Å². The summed E-state index contributed by atoms with van der Waals surface area (Å²) in [6.07, 6.45) is 5.55. The first kappa shape index (κ1) is 18.4. The van der Waals surface area contributed by atoms with Crippen LogP contribution < -0.4 is 10.5 Å². The molecule has 1 aliphatic heterocycles. The number of pyridine rings is 2. The molecular weight excluding hydrogens is 418 g/mol. The quantitative estimate of drug-likeness (QED) is 0.470. The summed E-state index contributed by atoms with van der Waals surface area (Å²) in [5, 5.41) is 5.24. The number of piperidine rings is 1. The van der Waals surface area contributed by atoms with Gasteiger partial charge in [0.1, 0.15) is 18.7 Å². The third kappa shape index (κ3) is 3.34. The first-order valence-electron chi connectivity index (χ1n) is 10.1. The third-order valence-electron chi connectivity index (χ3n) is 6.24. The Labute approximate surface area is 181 Å². The molecular formula is C21H18ClN7O2. The van der Waals surface area contributed by atoms with Crippen LogP contribution in [0.5, 0.6) is 0 Å². The van der Waals surface area contributed by atoms with E-state index in [1.165, 1.54) is 10.9 Å². The monoisotopic (exact) mass is 435 g/mol. The SMILES string of the molecule is O=c1c2cccnc2ncn1Cc1nc(CC2[C@H]3CN(c4ccc(Cl)cn4)C[C@@H]23)no1. The van der Waals surface area contributed by atoms with E-state index < -0.39 is 0 Å². The molecule has 4 aromatic rings. The molecule has 0 amide bonds. The van der Waals surface area contributed by atoms with Crippen LogP contribution in [0.25, 0.3) is 11.0 Å². The molecule has 156 valence electrons. The molecule has 3 atom stereocenters. The van der Waals surface area contributed by atoms with Gasteiger partial charge >= 0.3 is 0 Å². The summed E-state index contributed by atoms with van der Waals surface area (Å²) in [6, 6.07) is 7.27. The van der Waals surface area contributed by atoms with Crippen molar-refractivity contribution in [3.8, 4) is 0 Å². The van der Waals surface area contributed by atoms with E-state index in [1.807, 2.05) is 12.1 Å². The fraction of sp³-hybridized carbons (Fsp3) is 0.333. The van der Waals surface area contributed by atoms with Gasteiger partial charge in [-0.1, -0.05) is 16.8 Å². The minimum absolute atomic E-state index is 0.175. The Balaban J connectivity index is 1.10. The molecule has 2 aliphatic rings. The lowest BCUT2D eigenvalue weighted by atomic mass is 10.2. The van der Waals surface area contributed by atoms with E-state index in [-0.39, 0.29) is 12.1 Å². The maximum Gasteiger partial charge on any atom is 0.263 e. The van der Waals surface area contributed by atoms with Crippen LogP contribution in [-0.2, 0) is 13.0 Å². The van der Waals surface area contributed by atoms with E-state index >= 15 is 0 Å². The molecule has 0 spiro atoms. The predicted octanol–water partition coefficient (Wildman–Crippen LogP) is 2.20. The number of anilines is 1. The third-order valence-corrected chi connectivity index (χ3v) is 6.46. The van der Waals surface area contributed by atoms with Gasteiger partial charge in [-0.05, 0) is 42.0 Å². The van der Waals surface area contributed by atoms with Crippen LogP contribution in [0.15, 0.2) is 52.3 Å². The Morgan fingerprint density at radius 1 is 1.13 bits per heavy atom. The molecule has 1 saturated carbocycles. The average molecular weight is 436 g/mol. The Bertz CT molecular complexity index is 1310. The number of halogens is 1. The average Bonchev–Trinajstić information content (AvgIpc) is 3.13. The topological polar surface area (TPSA) is 103 Å². The Morgan fingerprint density at radius 2 is 2.00 bits per heavy atom. The summed E-state index contributed by atoms with van der Waals surface area (Å²) in [4.78, 5) is 32.1. The molecule has 6 rings (SSSR count). The van der Waals surface area contributed by atoms with Crippen LogP contribution >= 0.6 is 11.6 Å². The van der Waals surface area contributed by atoms with Crippen molar-refractivity contribution in [3.05, 3.63) is 70.1 Å². The summed E-state index contributed by atoms with van der Waals surface area (Å²) >= 11 is 5.93. The summed E-state index contributed by atoms with van der Waals surface area (Å²) in [5.41, 5.74) is 0.253. The van der Waals surface area contributed by atoms with E-state index in [1.54, 1.807) is 24.5 Å². The standard InChI is InChI=1S/C21H18ClN7O2/c22-12-3-4-18(24-7-12)28-8-15-14(16(15)9-28)6-17-26-19(31-27-17)10-29-11-25-20-13(21(29)30)2-1-5-23-20/h1-5,7,11,14-16H,6,8-10H2/t14?,15-,16+. The van der Waals surface area contributed by atoms with Gasteiger partial charge in [-0.15, -0.1) is 0 Å². The van der Waals surface area contributed by atoms with Crippen molar-refractivity contribution in [2.75, 3.05) is 18.0 Å². The summed E-state index contributed by atoms with van der Waals surface area (Å²) in [6.45, 7) is 2.17. The number of nitrogens with zero attached hydrogens (tertiary/aromatic N) is 7. The number of fused-ring (bicyclic) bond motifs is 2. The van der Waals surface area contributed by atoms with Crippen LogP contribution in [0.1, 0.15) is 11.7 Å². The second-order valence-corrected chi connectivity index (χ2v) is 8.53. The molecule has 1 saturated heterocycles. The number of rotatable bonds is 5. The van der Waals surface area contributed by atoms with E-state index in [0.29, 0.717) is 45.5 Å². The number of hydrogen-bond donors (Lipinski definition) is 0. The molecule has 2 fully saturated rings. The Kier molecular flexibility index (Phi) is 4.24. The van der Waals surface area contributed by atoms with E-state index in [2.05, 4.69) is 30.0 Å². The van der Waals surface area contributed by atoms with Crippen molar-refractivity contribution in [2.45, 2.75) is 13.0 Å². The molecule has 0 N–H and O–H groups in total. The molecule has 4 aromatic heterocycles. The second-order valence-electron chi connectivity index (χ2n) is 8.09. The smallest absolute Gasteiger partial charge is 0.263 e. The lowest BCUT2D eigenvalue weighted by Gasteiger charge is -2.20. The van der Waals surface area contributed by atoms with E-state index in [0.717, 1.165) is 25.3 Å². The van der Waals surface area contributed by atoms with Gasteiger partial charge in [0.2, 0.25) is 5.89 Å². The summed E-state index contributed by atoms with van der Waals surface area (Å²) in [7, 11) is 0. The molecule has 1 aliphatic carbocycles. The van der Waals surface area contributed by atoms with Crippen molar-refractivity contribution >= 4 is 28.5 Å². The van der Waals surface area contributed by atoms with E-state index in [4.69, 9.17) is 16.1 Å². The highest BCUT2D eigenvalue weighted by Crippen LogP contribution is 2.53. The van der Waals surface area contributed by atoms with Gasteiger partial charge in [-0.25, -0.2) is 15.0 Å². The van der Waals surface area contributed by atoms with Crippen molar-refractivity contribution in [1.29, 1.82) is 0 Å². The fourth-order valence-electron chi connectivity index (χ4n) is 4.60. The summed E-state index contributed by atoms with van der Waals surface area (Å²) in [5.74, 6) is 3.87. The molecule has 10 heteroatoms. The molecule has 0 radical (unpaired) electrons. The van der Waals surface area contributed by atoms with Gasteiger partial charge in [-0.3, -0.25) is 9.36 Å². The van der Waals surface area contributed by atoms with Gasteiger partial charge in [-0.2, -0.15) is 4.98 Å². The normalized spacial score (nSPS) is 22.1. The maximum absolute atomic E-state index is 12.6. The second kappa shape index (κ2) is 7.12. The van der Waals surface area contributed by atoms with Crippen molar-refractivity contribution < 1.29 is 4.52 Å². The lowest BCUT2D eigenvalue weighted by Crippen LogP contribution is -2.25. The highest BCUT2D eigenvalue weighted by atomic mass is 35.5. The Hall–Kier alpha value is -3.33. The number of hydrogen-bond acceptors (Lipinski definition) is 8. The van der Waals surface area contributed by atoms with Crippen LogP contribution in [-0.4, -0.2) is 42.7 Å². The number of aromatic nitrogens is 6. The lowest BCUT2D eigenvalue weighted by molar-refractivity contribution is 0.363. The minimum Gasteiger partial charge on any atom is -0.356 e. The molecule has 0 bridgehead atoms. The minimum atomic E-state index is -0.175. The maximum atomic E-state index is 12.6. The van der Waals surface area contributed by atoms with Crippen LogP contribution in [0.4, 0.5) is 5.82 Å². The fourth-order valence-corrected chi connectivity index (χ4v) is 4.71. The predicted molar refractivity (Wildman–Crippen MR) is 113 cm³/mol. The molecule has 5 heterocycles. The first-order chi connectivity index (χ1) is 15.2. The van der Waals surface area contributed by atoms with Crippen molar-refractivity contribution in [2.24, 2.45) is 17.8 Å². The van der Waals surface area contributed by atoms with Gasteiger partial charge in [0, 0.05) is 31.9 Å². The summed E-state index contributed by atoms with van der Waals surface area (Å²) < 4.78 is 6.85. The van der Waals surface area contributed by atoms with Crippen molar-refractivity contribution in [1.82, 2.24) is 29.7 Å². The zero-order chi connectivity index (χ0) is 20.9. The first-order valence-corrected chi connectivity index (χ1v) is 10.5. The van der Waals surface area contributed by atoms with Gasteiger partial charge < -0.3 is 9.42 Å². The highest BCUT2D eigenvalue weighted by molar-refractivity contribution is 6.30. The van der Waals surface area contributed by atoms with Gasteiger partial charge in [0.15, 0.2) is 11.5 Å². The van der Waals surface area contributed by atoms with Crippen LogP contribution in [0.2, 0.25) is 5.02 Å².